The largest absolute Gasteiger partial charge is 0.353 e. The SMILES string of the molecule is CCCNC(=O)/C=C/[C@H](CCc1ccccc1)CC(=O)[C@@H](N)Cc1cccs1. The van der Waals surface area contributed by atoms with Gasteiger partial charge in [-0.1, -0.05) is 49.4 Å². The van der Waals surface area contributed by atoms with Gasteiger partial charge < -0.3 is 11.1 Å². The maximum atomic E-state index is 12.7. The normalized spacial score (nSPS) is 13.4. The average Bonchev–Trinajstić information content (AvgIpc) is 3.22. The standard InChI is InChI=1S/C23H30N2O2S/c1-2-14-25-23(27)13-12-19(11-10-18-7-4-3-5-8-18)16-22(26)21(24)17-20-9-6-15-28-20/h3-9,12-13,15,19,21H,2,10-11,14,16-17,24H2,1H3,(H,25,27)/b13-12+/t19-,21-/m0/s1. The van der Waals surface area contributed by atoms with E-state index in [1.807, 2.05) is 48.7 Å². The third-order valence-corrected chi connectivity index (χ3v) is 5.49. The average molecular weight is 399 g/mol. The predicted molar refractivity (Wildman–Crippen MR) is 116 cm³/mol. The first-order valence-corrected chi connectivity index (χ1v) is 10.8. The fourth-order valence-electron chi connectivity index (χ4n) is 2.96. The van der Waals surface area contributed by atoms with Crippen molar-refractivity contribution in [3.8, 4) is 0 Å². The third-order valence-electron chi connectivity index (χ3n) is 4.59. The molecule has 150 valence electrons. The molecule has 3 N–H and O–H groups in total. The molecule has 0 bridgehead atoms. The number of aryl methyl sites for hydroxylation is 1. The lowest BCUT2D eigenvalue weighted by atomic mass is 9.91. The highest BCUT2D eigenvalue weighted by Gasteiger charge is 2.19. The summed E-state index contributed by atoms with van der Waals surface area (Å²) in [5.41, 5.74) is 7.37. The Morgan fingerprint density at radius 1 is 1.18 bits per heavy atom. The lowest BCUT2D eigenvalue weighted by Gasteiger charge is -2.16. The molecule has 1 aromatic carbocycles. The molecular formula is C23H30N2O2S. The van der Waals surface area contributed by atoms with Crippen molar-refractivity contribution in [2.45, 2.75) is 45.1 Å². The van der Waals surface area contributed by atoms with Crippen LogP contribution in [0.15, 0.2) is 60.0 Å². The number of carbonyl (C=O) groups is 2. The number of hydrogen-bond donors (Lipinski definition) is 2. The molecule has 5 heteroatoms. The molecule has 4 nitrogen and oxygen atoms in total. The van der Waals surface area contributed by atoms with Crippen LogP contribution in [0.3, 0.4) is 0 Å². The summed E-state index contributed by atoms with van der Waals surface area (Å²) in [5.74, 6) is -0.0681. The maximum Gasteiger partial charge on any atom is 0.243 e. The zero-order valence-corrected chi connectivity index (χ0v) is 17.3. The highest BCUT2D eigenvalue weighted by atomic mass is 32.1. The van der Waals surface area contributed by atoms with Crippen LogP contribution in [0.25, 0.3) is 0 Å². The fourth-order valence-corrected chi connectivity index (χ4v) is 3.73. The van der Waals surface area contributed by atoms with E-state index in [0.717, 1.165) is 24.1 Å². The second-order valence-corrected chi connectivity index (χ2v) is 8.03. The van der Waals surface area contributed by atoms with Gasteiger partial charge in [-0.15, -0.1) is 11.3 Å². The number of nitrogens with one attached hydrogen (secondary N) is 1. The van der Waals surface area contributed by atoms with Gasteiger partial charge in [0.05, 0.1) is 6.04 Å². The summed E-state index contributed by atoms with van der Waals surface area (Å²) in [6.07, 6.45) is 6.92. The van der Waals surface area contributed by atoms with E-state index in [9.17, 15) is 9.59 Å². The highest BCUT2D eigenvalue weighted by molar-refractivity contribution is 7.09. The van der Waals surface area contributed by atoms with E-state index in [1.54, 1.807) is 17.4 Å². The number of hydrogen-bond acceptors (Lipinski definition) is 4. The third kappa shape index (κ3) is 8.19. The van der Waals surface area contributed by atoms with Gasteiger partial charge in [-0.25, -0.2) is 0 Å². The molecule has 0 radical (unpaired) electrons. The van der Waals surface area contributed by atoms with Crippen LogP contribution in [0.5, 0.6) is 0 Å². The van der Waals surface area contributed by atoms with E-state index in [4.69, 9.17) is 5.73 Å². The van der Waals surface area contributed by atoms with Crippen LogP contribution in [0.2, 0.25) is 0 Å². The van der Waals surface area contributed by atoms with Gasteiger partial charge in [-0.2, -0.15) is 0 Å². The molecule has 0 spiro atoms. The second kappa shape index (κ2) is 12.3. The van der Waals surface area contributed by atoms with Crippen LogP contribution in [0.1, 0.15) is 36.6 Å². The number of benzene rings is 1. The zero-order valence-electron chi connectivity index (χ0n) is 16.5. The van der Waals surface area contributed by atoms with E-state index in [1.165, 1.54) is 5.56 Å². The van der Waals surface area contributed by atoms with Crippen molar-refractivity contribution in [1.29, 1.82) is 0 Å². The molecule has 0 unspecified atom stereocenters. The van der Waals surface area contributed by atoms with E-state index < -0.39 is 6.04 Å². The Morgan fingerprint density at radius 3 is 2.64 bits per heavy atom. The second-order valence-electron chi connectivity index (χ2n) is 6.99. The van der Waals surface area contributed by atoms with Crippen molar-refractivity contribution >= 4 is 23.0 Å². The number of ketones is 1. The predicted octanol–water partition coefficient (Wildman–Crippen LogP) is 3.91. The first kappa shape index (κ1) is 22.1. The summed E-state index contributed by atoms with van der Waals surface area (Å²) >= 11 is 1.62. The molecule has 1 amide bonds. The summed E-state index contributed by atoms with van der Waals surface area (Å²) in [5, 5.41) is 4.83. The molecule has 0 aliphatic carbocycles. The quantitative estimate of drug-likeness (QED) is 0.533. The Balaban J connectivity index is 1.96. The van der Waals surface area contributed by atoms with Gasteiger partial charge in [-0.3, -0.25) is 9.59 Å². The first-order valence-electron chi connectivity index (χ1n) is 9.89. The Morgan fingerprint density at radius 2 is 1.96 bits per heavy atom. The molecule has 2 rings (SSSR count). The summed E-state index contributed by atoms with van der Waals surface area (Å²) < 4.78 is 0. The molecule has 28 heavy (non-hydrogen) atoms. The van der Waals surface area contributed by atoms with Gasteiger partial charge in [0.15, 0.2) is 0 Å². The van der Waals surface area contributed by atoms with Crippen LogP contribution in [-0.4, -0.2) is 24.3 Å². The number of thiophene rings is 1. The number of rotatable bonds is 12. The number of allylic oxidation sites excluding steroid dienone is 1. The topological polar surface area (TPSA) is 72.2 Å². The van der Waals surface area contributed by atoms with E-state index >= 15 is 0 Å². The summed E-state index contributed by atoms with van der Waals surface area (Å²) in [6.45, 7) is 2.67. The van der Waals surface area contributed by atoms with Crippen LogP contribution < -0.4 is 11.1 Å². The van der Waals surface area contributed by atoms with Gasteiger partial charge in [-0.05, 0) is 48.3 Å². The van der Waals surface area contributed by atoms with E-state index in [-0.39, 0.29) is 17.6 Å². The molecule has 0 aliphatic rings. The van der Waals surface area contributed by atoms with E-state index in [0.29, 0.717) is 19.4 Å². The van der Waals surface area contributed by atoms with Gasteiger partial charge in [0.1, 0.15) is 5.78 Å². The number of nitrogens with two attached hydrogens (primary N) is 1. The minimum atomic E-state index is -0.500. The molecule has 2 atom stereocenters. The Labute approximate surface area is 171 Å². The monoisotopic (exact) mass is 398 g/mol. The molecule has 0 saturated heterocycles. The minimum Gasteiger partial charge on any atom is -0.353 e. The van der Waals surface area contributed by atoms with Crippen molar-refractivity contribution < 1.29 is 9.59 Å². The molecule has 2 aromatic rings. The molecule has 0 saturated carbocycles. The Kier molecular flexibility index (Phi) is 9.66. The number of carbonyl (C=O) groups excluding carboxylic acids is 2. The summed E-state index contributed by atoms with van der Waals surface area (Å²) in [6, 6.07) is 13.7. The number of amides is 1. The molecular weight excluding hydrogens is 368 g/mol. The fraction of sp³-hybridized carbons (Fsp3) is 0.391. The van der Waals surface area contributed by atoms with Crippen molar-refractivity contribution in [3.05, 3.63) is 70.4 Å². The van der Waals surface area contributed by atoms with Crippen LogP contribution in [0, 0.1) is 5.92 Å². The van der Waals surface area contributed by atoms with Crippen LogP contribution >= 0.6 is 11.3 Å². The summed E-state index contributed by atoms with van der Waals surface area (Å²) in [7, 11) is 0. The van der Waals surface area contributed by atoms with Crippen molar-refractivity contribution in [1.82, 2.24) is 5.32 Å². The molecule has 1 heterocycles. The van der Waals surface area contributed by atoms with Crippen molar-refractivity contribution in [3.63, 3.8) is 0 Å². The Bertz CT molecular complexity index is 741. The van der Waals surface area contributed by atoms with Crippen LogP contribution in [-0.2, 0) is 22.4 Å². The summed E-state index contributed by atoms with van der Waals surface area (Å²) in [4.78, 5) is 25.7. The van der Waals surface area contributed by atoms with E-state index in [2.05, 4.69) is 17.4 Å². The zero-order chi connectivity index (χ0) is 20.2. The highest BCUT2D eigenvalue weighted by Crippen LogP contribution is 2.18. The molecule has 0 aliphatic heterocycles. The smallest absolute Gasteiger partial charge is 0.243 e. The van der Waals surface area contributed by atoms with Crippen molar-refractivity contribution in [2.75, 3.05) is 6.54 Å². The van der Waals surface area contributed by atoms with Crippen LogP contribution in [0.4, 0.5) is 0 Å². The van der Waals surface area contributed by atoms with Gasteiger partial charge in [0, 0.05) is 24.3 Å². The Hall–Kier alpha value is -2.24. The number of Topliss-reactive ketones (excluding diaryl/α,β-unsaturated/α-hetero) is 1. The minimum absolute atomic E-state index is 0.00512. The lowest BCUT2D eigenvalue weighted by Crippen LogP contribution is -2.33. The van der Waals surface area contributed by atoms with Crippen molar-refractivity contribution in [2.24, 2.45) is 11.7 Å². The lowest BCUT2D eigenvalue weighted by molar-refractivity contribution is -0.121. The maximum absolute atomic E-state index is 12.7. The van der Waals surface area contributed by atoms with Gasteiger partial charge >= 0.3 is 0 Å². The molecule has 0 fully saturated rings. The first-order chi connectivity index (χ1) is 13.6. The van der Waals surface area contributed by atoms with Gasteiger partial charge in [0.25, 0.3) is 0 Å². The van der Waals surface area contributed by atoms with Gasteiger partial charge in [0.2, 0.25) is 5.91 Å². The molecule has 1 aromatic heterocycles.